The first-order chi connectivity index (χ1) is 6.77. The van der Waals surface area contributed by atoms with Crippen molar-refractivity contribution in [1.29, 1.82) is 0 Å². The predicted molar refractivity (Wildman–Crippen MR) is 52.6 cm³/mol. The van der Waals surface area contributed by atoms with E-state index in [0.29, 0.717) is 18.9 Å². The van der Waals surface area contributed by atoms with Crippen LogP contribution in [0.1, 0.15) is 0 Å². The van der Waals surface area contributed by atoms with Gasteiger partial charge in [-0.1, -0.05) is 12.1 Å². The van der Waals surface area contributed by atoms with Gasteiger partial charge in [0, 0.05) is 0 Å². The van der Waals surface area contributed by atoms with Gasteiger partial charge >= 0.3 is 0 Å². The van der Waals surface area contributed by atoms with Gasteiger partial charge in [0.2, 0.25) is 0 Å². The fourth-order valence-electron chi connectivity index (χ4n) is 1.50. The minimum Gasteiger partial charge on any atom is -0.378 e. The smallest absolute Gasteiger partial charge is 0.146 e. The molecule has 4 heteroatoms. The summed E-state index contributed by atoms with van der Waals surface area (Å²) in [4.78, 5) is 0. The molecule has 2 rings (SSSR count). The van der Waals surface area contributed by atoms with Crippen molar-refractivity contribution in [3.8, 4) is 0 Å². The van der Waals surface area contributed by atoms with Crippen molar-refractivity contribution >= 4 is 5.69 Å². The molecule has 0 amide bonds. The maximum atomic E-state index is 13.2. The molecule has 3 nitrogen and oxygen atoms in total. The van der Waals surface area contributed by atoms with Gasteiger partial charge in [-0.2, -0.15) is 0 Å². The van der Waals surface area contributed by atoms with Gasteiger partial charge in [-0.25, -0.2) is 4.39 Å². The second-order valence-corrected chi connectivity index (χ2v) is 3.43. The van der Waals surface area contributed by atoms with Crippen LogP contribution < -0.4 is 11.1 Å². The topological polar surface area (TPSA) is 47.3 Å². The molecule has 0 unspecified atom stereocenters. The molecule has 14 heavy (non-hydrogen) atoms. The van der Waals surface area contributed by atoms with Gasteiger partial charge in [0.25, 0.3) is 0 Å². The number of benzene rings is 1. The van der Waals surface area contributed by atoms with Gasteiger partial charge in [-0.15, -0.1) is 0 Å². The molecular weight excluding hydrogens is 183 g/mol. The Morgan fingerprint density at radius 1 is 1.36 bits per heavy atom. The molecular formula is C10H13FN2O. The fourth-order valence-corrected chi connectivity index (χ4v) is 1.50. The van der Waals surface area contributed by atoms with E-state index < -0.39 is 0 Å². The van der Waals surface area contributed by atoms with Crippen LogP contribution in [0.25, 0.3) is 0 Å². The summed E-state index contributed by atoms with van der Waals surface area (Å²) in [7, 11) is 0. The van der Waals surface area contributed by atoms with Crippen LogP contribution in [-0.2, 0) is 4.74 Å². The van der Waals surface area contributed by atoms with Crippen LogP contribution in [0.15, 0.2) is 24.3 Å². The average molecular weight is 196 g/mol. The molecule has 76 valence electrons. The van der Waals surface area contributed by atoms with Crippen molar-refractivity contribution < 1.29 is 9.13 Å². The minimum atomic E-state index is -0.258. The van der Waals surface area contributed by atoms with Crippen LogP contribution in [-0.4, -0.2) is 25.3 Å². The van der Waals surface area contributed by atoms with Gasteiger partial charge < -0.3 is 15.8 Å². The molecule has 2 atom stereocenters. The predicted octanol–water partition coefficient (Wildman–Crippen LogP) is 0.964. The van der Waals surface area contributed by atoms with Crippen LogP contribution in [0.4, 0.5) is 10.1 Å². The third kappa shape index (κ3) is 1.86. The number of ether oxygens (including phenoxy) is 1. The van der Waals surface area contributed by atoms with E-state index in [-0.39, 0.29) is 17.9 Å². The molecule has 0 radical (unpaired) electrons. The van der Waals surface area contributed by atoms with E-state index in [2.05, 4.69) is 5.32 Å². The van der Waals surface area contributed by atoms with Crippen LogP contribution in [0.2, 0.25) is 0 Å². The Labute approximate surface area is 82.1 Å². The molecule has 3 N–H and O–H groups in total. The van der Waals surface area contributed by atoms with E-state index in [1.54, 1.807) is 18.2 Å². The van der Waals surface area contributed by atoms with E-state index >= 15 is 0 Å². The molecule has 1 saturated heterocycles. The quantitative estimate of drug-likeness (QED) is 0.740. The zero-order valence-electron chi connectivity index (χ0n) is 7.74. The zero-order valence-corrected chi connectivity index (χ0v) is 7.74. The second kappa shape index (κ2) is 3.94. The standard InChI is InChI=1S/C10H13FN2O/c11-7-3-1-2-4-9(7)13-10-6-14-5-8(10)12/h1-4,8,10,13H,5-6,12H2/t8-,10-/m0/s1. The summed E-state index contributed by atoms with van der Waals surface area (Å²) in [6.07, 6.45) is 0. The molecule has 1 heterocycles. The number of rotatable bonds is 2. The number of para-hydroxylation sites is 1. The van der Waals surface area contributed by atoms with Gasteiger partial charge in [0.05, 0.1) is 31.0 Å². The fraction of sp³-hybridized carbons (Fsp3) is 0.400. The normalized spacial score (nSPS) is 26.4. The van der Waals surface area contributed by atoms with E-state index in [1.165, 1.54) is 6.07 Å². The number of nitrogens with two attached hydrogens (primary N) is 1. The highest BCUT2D eigenvalue weighted by molar-refractivity contribution is 5.45. The number of hydrogen-bond donors (Lipinski definition) is 2. The van der Waals surface area contributed by atoms with E-state index in [9.17, 15) is 4.39 Å². The Balaban J connectivity index is 2.07. The Bertz CT molecular complexity index is 319. The minimum absolute atomic E-state index is 0.00639. The molecule has 1 fully saturated rings. The molecule has 1 aliphatic rings. The summed E-state index contributed by atoms with van der Waals surface area (Å²) in [6, 6.07) is 6.50. The summed E-state index contributed by atoms with van der Waals surface area (Å²) in [5.41, 5.74) is 6.25. The third-order valence-electron chi connectivity index (χ3n) is 2.34. The zero-order chi connectivity index (χ0) is 9.97. The average Bonchev–Trinajstić information content (AvgIpc) is 2.56. The largest absolute Gasteiger partial charge is 0.378 e. The number of nitrogens with one attached hydrogen (secondary N) is 1. The Kier molecular flexibility index (Phi) is 2.65. The highest BCUT2D eigenvalue weighted by Gasteiger charge is 2.24. The third-order valence-corrected chi connectivity index (χ3v) is 2.34. The van der Waals surface area contributed by atoms with Gasteiger partial charge in [0.1, 0.15) is 5.82 Å². The lowest BCUT2D eigenvalue weighted by Crippen LogP contribution is -2.38. The van der Waals surface area contributed by atoms with Crippen molar-refractivity contribution in [3.63, 3.8) is 0 Å². The maximum Gasteiger partial charge on any atom is 0.146 e. The monoisotopic (exact) mass is 196 g/mol. The summed E-state index contributed by atoms with van der Waals surface area (Å²) < 4.78 is 18.4. The van der Waals surface area contributed by atoms with Crippen molar-refractivity contribution in [2.75, 3.05) is 18.5 Å². The SMILES string of the molecule is N[C@H]1COC[C@@H]1Nc1ccccc1F. The van der Waals surface area contributed by atoms with Gasteiger partial charge in [0.15, 0.2) is 0 Å². The van der Waals surface area contributed by atoms with E-state index in [4.69, 9.17) is 10.5 Å². The highest BCUT2D eigenvalue weighted by atomic mass is 19.1. The lowest BCUT2D eigenvalue weighted by Gasteiger charge is -2.16. The first-order valence-electron chi connectivity index (χ1n) is 4.62. The van der Waals surface area contributed by atoms with Crippen LogP contribution >= 0.6 is 0 Å². The molecule has 0 spiro atoms. The molecule has 1 aromatic carbocycles. The Morgan fingerprint density at radius 3 is 2.79 bits per heavy atom. The maximum absolute atomic E-state index is 13.2. The van der Waals surface area contributed by atoms with Crippen LogP contribution in [0.3, 0.4) is 0 Å². The number of anilines is 1. The lowest BCUT2D eigenvalue weighted by molar-refractivity contribution is 0.192. The van der Waals surface area contributed by atoms with Crippen molar-refractivity contribution in [1.82, 2.24) is 0 Å². The highest BCUT2D eigenvalue weighted by Crippen LogP contribution is 2.16. The van der Waals surface area contributed by atoms with Crippen LogP contribution in [0, 0.1) is 5.82 Å². The molecule has 0 aromatic heterocycles. The lowest BCUT2D eigenvalue weighted by atomic mass is 10.1. The summed E-state index contributed by atoms with van der Waals surface area (Å²) in [6.45, 7) is 1.07. The first-order valence-corrected chi connectivity index (χ1v) is 4.62. The molecule has 1 aliphatic heterocycles. The van der Waals surface area contributed by atoms with E-state index in [1.807, 2.05) is 0 Å². The van der Waals surface area contributed by atoms with Gasteiger partial charge in [-0.05, 0) is 12.1 Å². The molecule has 0 aliphatic carbocycles. The van der Waals surface area contributed by atoms with Crippen molar-refractivity contribution in [3.05, 3.63) is 30.1 Å². The number of hydrogen-bond acceptors (Lipinski definition) is 3. The number of halogens is 1. The van der Waals surface area contributed by atoms with Gasteiger partial charge in [-0.3, -0.25) is 0 Å². The van der Waals surface area contributed by atoms with E-state index in [0.717, 1.165) is 0 Å². The summed E-state index contributed by atoms with van der Waals surface area (Å²) in [5, 5.41) is 3.03. The Hall–Kier alpha value is -1.13. The van der Waals surface area contributed by atoms with Crippen LogP contribution in [0.5, 0.6) is 0 Å². The molecule has 0 saturated carbocycles. The van der Waals surface area contributed by atoms with Crippen molar-refractivity contribution in [2.24, 2.45) is 5.73 Å². The molecule has 0 bridgehead atoms. The summed E-state index contributed by atoms with van der Waals surface area (Å²) in [5.74, 6) is -0.258. The van der Waals surface area contributed by atoms with Crippen molar-refractivity contribution in [2.45, 2.75) is 12.1 Å². The second-order valence-electron chi connectivity index (χ2n) is 3.43. The summed E-state index contributed by atoms with van der Waals surface area (Å²) >= 11 is 0. The Morgan fingerprint density at radius 2 is 2.14 bits per heavy atom. The molecule has 1 aromatic rings. The first kappa shape index (κ1) is 9.43.